The summed E-state index contributed by atoms with van der Waals surface area (Å²) >= 11 is 4.94. The molecule has 21 heavy (non-hydrogen) atoms. The van der Waals surface area contributed by atoms with Gasteiger partial charge in [-0.2, -0.15) is 0 Å². The summed E-state index contributed by atoms with van der Waals surface area (Å²) in [4.78, 5) is 15.0. The van der Waals surface area contributed by atoms with Crippen LogP contribution in [0, 0.1) is 6.92 Å². The molecule has 2 N–H and O–H groups in total. The van der Waals surface area contributed by atoms with E-state index in [0.29, 0.717) is 18.0 Å². The van der Waals surface area contributed by atoms with E-state index in [0.717, 1.165) is 30.5 Å². The van der Waals surface area contributed by atoms with Crippen LogP contribution in [-0.2, 0) is 0 Å². The summed E-state index contributed by atoms with van der Waals surface area (Å²) in [7, 11) is 0. The first kappa shape index (κ1) is 17.6. The lowest BCUT2D eigenvalue weighted by Crippen LogP contribution is -2.35. The van der Waals surface area contributed by atoms with Crippen LogP contribution in [0.5, 0.6) is 0 Å². The molecule has 3 nitrogen and oxygen atoms in total. The molecule has 0 aromatic heterocycles. The molecule has 1 aromatic rings. The van der Waals surface area contributed by atoms with Gasteiger partial charge in [-0.3, -0.25) is 4.79 Å². The normalized spacial score (nSPS) is 10.4. The van der Waals surface area contributed by atoms with E-state index in [9.17, 15) is 4.79 Å². The number of aryl methyl sites for hydroxylation is 1. The predicted molar refractivity (Wildman–Crippen MR) is 92.6 cm³/mol. The Morgan fingerprint density at radius 2 is 1.90 bits per heavy atom. The number of hydrogen-bond acceptors (Lipinski definition) is 2. The highest BCUT2D eigenvalue weighted by atomic mass is 32.1. The van der Waals surface area contributed by atoms with Gasteiger partial charge in [0.05, 0.1) is 4.99 Å². The Balaban J connectivity index is 2.71. The van der Waals surface area contributed by atoms with Crippen LogP contribution < -0.4 is 5.73 Å². The van der Waals surface area contributed by atoms with E-state index in [-0.39, 0.29) is 5.91 Å². The number of benzene rings is 1. The van der Waals surface area contributed by atoms with Crippen LogP contribution in [0.15, 0.2) is 24.3 Å². The summed E-state index contributed by atoms with van der Waals surface area (Å²) in [5, 5.41) is 0. The Hall–Kier alpha value is -1.42. The maximum Gasteiger partial charge on any atom is 0.254 e. The van der Waals surface area contributed by atoms with Gasteiger partial charge in [0.15, 0.2) is 0 Å². The van der Waals surface area contributed by atoms with E-state index in [1.807, 2.05) is 36.1 Å². The van der Waals surface area contributed by atoms with Gasteiger partial charge in [-0.1, -0.05) is 56.6 Å². The topological polar surface area (TPSA) is 46.3 Å². The number of thiocarbonyl (C=S) groups is 1. The highest BCUT2D eigenvalue weighted by Gasteiger charge is 2.16. The Morgan fingerprint density at radius 3 is 2.52 bits per heavy atom. The van der Waals surface area contributed by atoms with Gasteiger partial charge in [0.1, 0.15) is 0 Å². The number of nitrogens with zero attached hydrogens (tertiary/aromatic N) is 1. The zero-order chi connectivity index (χ0) is 15.7. The zero-order valence-electron chi connectivity index (χ0n) is 13.1. The molecule has 0 spiro atoms. The molecule has 4 heteroatoms. The van der Waals surface area contributed by atoms with Gasteiger partial charge in [-0.05, 0) is 25.0 Å². The largest absolute Gasteiger partial charge is 0.393 e. The van der Waals surface area contributed by atoms with Crippen LogP contribution in [0.25, 0.3) is 0 Å². The summed E-state index contributed by atoms with van der Waals surface area (Å²) < 4.78 is 0. The van der Waals surface area contributed by atoms with Crippen LogP contribution in [-0.4, -0.2) is 28.9 Å². The molecule has 0 bridgehead atoms. The number of hydrogen-bond donors (Lipinski definition) is 1. The van der Waals surface area contributed by atoms with E-state index in [4.69, 9.17) is 18.0 Å². The molecule has 1 aromatic carbocycles. The van der Waals surface area contributed by atoms with Gasteiger partial charge in [-0.15, -0.1) is 0 Å². The van der Waals surface area contributed by atoms with Crippen LogP contribution in [0.3, 0.4) is 0 Å². The fraction of sp³-hybridized carbons (Fsp3) is 0.529. The van der Waals surface area contributed by atoms with Crippen molar-refractivity contribution in [1.29, 1.82) is 0 Å². The maximum atomic E-state index is 12.7. The van der Waals surface area contributed by atoms with Crippen LogP contribution in [0.1, 0.15) is 54.9 Å². The lowest BCUT2D eigenvalue weighted by Gasteiger charge is -2.23. The molecule has 1 rings (SSSR count). The smallest absolute Gasteiger partial charge is 0.254 e. The quantitative estimate of drug-likeness (QED) is 0.559. The van der Waals surface area contributed by atoms with Gasteiger partial charge in [0.25, 0.3) is 5.91 Å². The van der Waals surface area contributed by atoms with Crippen molar-refractivity contribution in [3.63, 3.8) is 0 Å². The molecule has 0 atom stereocenters. The average molecular weight is 306 g/mol. The van der Waals surface area contributed by atoms with Gasteiger partial charge in [-0.25, -0.2) is 0 Å². The SMILES string of the molecule is CCCCCCN(CCC(N)=S)C(=O)c1ccccc1C. The van der Waals surface area contributed by atoms with Crippen molar-refractivity contribution < 1.29 is 4.79 Å². The molecule has 1 amide bonds. The summed E-state index contributed by atoms with van der Waals surface area (Å²) in [5.74, 6) is 0.0841. The first-order valence-corrected chi connectivity index (χ1v) is 8.10. The van der Waals surface area contributed by atoms with Crippen molar-refractivity contribution in [3.8, 4) is 0 Å². The third-order valence-corrected chi connectivity index (χ3v) is 3.78. The van der Waals surface area contributed by atoms with E-state index >= 15 is 0 Å². The Labute approximate surface area is 133 Å². The molecule has 0 fully saturated rings. The van der Waals surface area contributed by atoms with Gasteiger partial charge >= 0.3 is 0 Å². The Morgan fingerprint density at radius 1 is 1.19 bits per heavy atom. The third kappa shape index (κ3) is 6.25. The number of carbonyl (C=O) groups excluding carboxylic acids is 1. The molecule has 0 unspecified atom stereocenters. The lowest BCUT2D eigenvalue weighted by molar-refractivity contribution is 0.0756. The van der Waals surface area contributed by atoms with Crippen LogP contribution >= 0.6 is 12.2 Å². The molecule has 0 aliphatic carbocycles. The standard InChI is InChI=1S/C17H26N2OS/c1-3-4-5-8-12-19(13-11-16(18)21)17(20)15-10-7-6-9-14(15)2/h6-7,9-10H,3-5,8,11-13H2,1-2H3,(H2,18,21). The Bertz CT molecular complexity index is 474. The highest BCUT2D eigenvalue weighted by Crippen LogP contribution is 2.12. The van der Waals surface area contributed by atoms with Gasteiger partial charge in [0, 0.05) is 25.1 Å². The van der Waals surface area contributed by atoms with Crippen molar-refractivity contribution in [1.82, 2.24) is 4.90 Å². The summed E-state index contributed by atoms with van der Waals surface area (Å²) in [6, 6.07) is 7.71. The molecular formula is C17H26N2OS. The number of unbranched alkanes of at least 4 members (excludes halogenated alkanes) is 3. The number of nitrogens with two attached hydrogens (primary N) is 1. The fourth-order valence-electron chi connectivity index (χ4n) is 2.27. The second kappa shape index (κ2) is 9.50. The molecule has 116 valence electrons. The minimum absolute atomic E-state index is 0.0841. The van der Waals surface area contributed by atoms with Crippen molar-refractivity contribution >= 4 is 23.1 Å². The monoisotopic (exact) mass is 306 g/mol. The summed E-state index contributed by atoms with van der Waals surface area (Å²) in [6.07, 6.45) is 5.17. The van der Waals surface area contributed by atoms with E-state index in [2.05, 4.69) is 6.92 Å². The number of amides is 1. The first-order chi connectivity index (χ1) is 10.1. The van der Waals surface area contributed by atoms with E-state index in [1.165, 1.54) is 12.8 Å². The lowest BCUT2D eigenvalue weighted by atomic mass is 10.1. The molecule has 0 radical (unpaired) electrons. The molecule has 0 aliphatic rings. The summed E-state index contributed by atoms with van der Waals surface area (Å²) in [5.41, 5.74) is 7.36. The van der Waals surface area contributed by atoms with E-state index in [1.54, 1.807) is 0 Å². The zero-order valence-corrected chi connectivity index (χ0v) is 13.9. The highest BCUT2D eigenvalue weighted by molar-refractivity contribution is 7.80. The second-order valence-corrected chi connectivity index (χ2v) is 5.91. The Kier molecular flexibility index (Phi) is 7.98. The van der Waals surface area contributed by atoms with Crippen LogP contribution in [0.2, 0.25) is 0 Å². The fourth-order valence-corrected chi connectivity index (χ4v) is 2.36. The first-order valence-electron chi connectivity index (χ1n) is 7.69. The van der Waals surface area contributed by atoms with E-state index < -0.39 is 0 Å². The van der Waals surface area contributed by atoms with Crippen molar-refractivity contribution in [2.75, 3.05) is 13.1 Å². The van der Waals surface area contributed by atoms with Crippen molar-refractivity contribution in [2.24, 2.45) is 5.73 Å². The number of rotatable bonds is 9. The van der Waals surface area contributed by atoms with Gasteiger partial charge < -0.3 is 10.6 Å². The summed E-state index contributed by atoms with van der Waals surface area (Å²) in [6.45, 7) is 5.53. The maximum absolute atomic E-state index is 12.7. The van der Waals surface area contributed by atoms with Crippen molar-refractivity contribution in [2.45, 2.75) is 46.0 Å². The molecule has 0 saturated heterocycles. The molecule has 0 heterocycles. The minimum Gasteiger partial charge on any atom is -0.393 e. The number of carbonyl (C=O) groups is 1. The minimum atomic E-state index is 0.0841. The molecule has 0 saturated carbocycles. The predicted octanol–water partition coefficient (Wildman–Crippen LogP) is 3.69. The average Bonchev–Trinajstić information content (AvgIpc) is 2.46. The van der Waals surface area contributed by atoms with Crippen molar-refractivity contribution in [3.05, 3.63) is 35.4 Å². The van der Waals surface area contributed by atoms with Gasteiger partial charge in [0.2, 0.25) is 0 Å². The third-order valence-electron chi connectivity index (χ3n) is 3.57. The van der Waals surface area contributed by atoms with Crippen LogP contribution in [0.4, 0.5) is 0 Å². The molecule has 0 aliphatic heterocycles. The second-order valence-electron chi connectivity index (χ2n) is 5.38. The molecular weight excluding hydrogens is 280 g/mol.